The van der Waals surface area contributed by atoms with Gasteiger partial charge >= 0.3 is 25.7 Å². The fourth-order valence-corrected chi connectivity index (χ4v) is 6.26. The van der Waals surface area contributed by atoms with Gasteiger partial charge in [0.15, 0.2) is 6.10 Å². The first-order chi connectivity index (χ1) is 23.6. The molecular formula is C37H72NO10P. The van der Waals surface area contributed by atoms with Crippen LogP contribution in [0.5, 0.6) is 0 Å². The van der Waals surface area contributed by atoms with Gasteiger partial charge in [-0.3, -0.25) is 23.4 Å². The molecule has 0 aromatic heterocycles. The van der Waals surface area contributed by atoms with Crippen molar-refractivity contribution in [1.29, 1.82) is 0 Å². The molecule has 12 heteroatoms. The van der Waals surface area contributed by atoms with E-state index in [0.717, 1.165) is 38.5 Å². The molecule has 0 rings (SSSR count). The molecule has 0 saturated heterocycles. The molecule has 0 spiro atoms. The van der Waals surface area contributed by atoms with Crippen molar-refractivity contribution in [2.24, 2.45) is 5.73 Å². The molecular weight excluding hydrogens is 649 g/mol. The normalized spacial score (nSPS) is 13.9. The first-order valence-electron chi connectivity index (χ1n) is 19.6. The molecule has 1 unspecified atom stereocenters. The molecule has 0 aromatic carbocycles. The monoisotopic (exact) mass is 721 g/mol. The largest absolute Gasteiger partial charge is 0.480 e. The van der Waals surface area contributed by atoms with Crippen molar-refractivity contribution in [2.75, 3.05) is 19.8 Å². The van der Waals surface area contributed by atoms with Crippen LogP contribution in [0.4, 0.5) is 0 Å². The predicted molar refractivity (Wildman–Crippen MR) is 194 cm³/mol. The molecule has 49 heavy (non-hydrogen) atoms. The van der Waals surface area contributed by atoms with Crippen molar-refractivity contribution in [3.05, 3.63) is 0 Å². The highest BCUT2D eigenvalue weighted by Gasteiger charge is 2.28. The zero-order chi connectivity index (χ0) is 36.4. The Hall–Kier alpha value is -1.52. The molecule has 0 bridgehead atoms. The van der Waals surface area contributed by atoms with Crippen LogP contribution in [0.1, 0.15) is 187 Å². The summed E-state index contributed by atoms with van der Waals surface area (Å²) in [6, 6.07) is -1.51. The van der Waals surface area contributed by atoms with Crippen molar-refractivity contribution in [2.45, 2.75) is 199 Å². The maximum Gasteiger partial charge on any atom is 0.472 e. The summed E-state index contributed by atoms with van der Waals surface area (Å²) in [6.07, 6.45) is 29.0. The van der Waals surface area contributed by atoms with Gasteiger partial charge in [-0.15, -0.1) is 0 Å². The molecule has 0 heterocycles. The number of carbonyl (C=O) groups excluding carboxylic acids is 2. The maximum atomic E-state index is 12.5. The van der Waals surface area contributed by atoms with E-state index in [4.69, 9.17) is 24.8 Å². The van der Waals surface area contributed by atoms with Crippen LogP contribution in [0, 0.1) is 0 Å². The molecule has 290 valence electrons. The van der Waals surface area contributed by atoms with Gasteiger partial charge < -0.3 is 25.2 Å². The van der Waals surface area contributed by atoms with Gasteiger partial charge in [0, 0.05) is 12.8 Å². The summed E-state index contributed by atoms with van der Waals surface area (Å²) >= 11 is 0. The molecule has 11 nitrogen and oxygen atoms in total. The van der Waals surface area contributed by atoms with E-state index in [1.165, 1.54) is 109 Å². The number of phosphoric acid groups is 1. The van der Waals surface area contributed by atoms with Crippen molar-refractivity contribution in [3.63, 3.8) is 0 Å². The minimum absolute atomic E-state index is 0.169. The number of carboxylic acid groups (broad SMARTS) is 1. The summed E-state index contributed by atoms with van der Waals surface area (Å²) in [4.78, 5) is 45.6. The molecule has 0 aliphatic heterocycles. The van der Waals surface area contributed by atoms with Crippen LogP contribution in [0.3, 0.4) is 0 Å². The van der Waals surface area contributed by atoms with Crippen LogP contribution in [-0.4, -0.2) is 59.9 Å². The smallest absolute Gasteiger partial charge is 0.472 e. The third-order valence-electron chi connectivity index (χ3n) is 8.61. The molecule has 0 aliphatic carbocycles. The highest BCUT2D eigenvalue weighted by atomic mass is 31.2. The van der Waals surface area contributed by atoms with Crippen LogP contribution in [0.25, 0.3) is 0 Å². The second-order valence-electron chi connectivity index (χ2n) is 13.4. The zero-order valence-electron chi connectivity index (χ0n) is 31.1. The van der Waals surface area contributed by atoms with Gasteiger partial charge in [0.25, 0.3) is 0 Å². The third kappa shape index (κ3) is 33.4. The molecule has 0 saturated carbocycles. The summed E-state index contributed by atoms with van der Waals surface area (Å²) in [6.45, 7) is 2.77. The zero-order valence-corrected chi connectivity index (χ0v) is 31.9. The summed E-state index contributed by atoms with van der Waals surface area (Å²) < 4.78 is 32.5. The van der Waals surface area contributed by atoms with E-state index in [1.807, 2.05) is 0 Å². The first kappa shape index (κ1) is 47.5. The molecule has 0 aliphatic rings. The number of aliphatic carboxylic acids is 1. The molecule has 0 aromatic rings. The fourth-order valence-electron chi connectivity index (χ4n) is 5.48. The second kappa shape index (κ2) is 33.6. The minimum atomic E-state index is -4.70. The Morgan fingerprint density at radius 3 is 1.29 bits per heavy atom. The van der Waals surface area contributed by atoms with E-state index in [-0.39, 0.29) is 19.4 Å². The van der Waals surface area contributed by atoms with Gasteiger partial charge in [-0.2, -0.15) is 0 Å². The Kier molecular flexibility index (Phi) is 32.6. The van der Waals surface area contributed by atoms with Crippen molar-refractivity contribution >= 4 is 25.7 Å². The highest BCUT2D eigenvalue weighted by Crippen LogP contribution is 2.43. The Morgan fingerprint density at radius 1 is 0.551 bits per heavy atom. The van der Waals surface area contributed by atoms with Gasteiger partial charge in [0.1, 0.15) is 12.6 Å². The Labute approximate surface area is 297 Å². The SMILES string of the molecule is CCCCCCCCCCCCCCCCCCCC(=O)O[C@@H](COC(=O)CCCCCCCCCC)COP(=O)(O)OC[C@H](N)C(=O)O. The number of carboxylic acids is 1. The van der Waals surface area contributed by atoms with E-state index in [0.29, 0.717) is 12.8 Å². The molecule has 4 N–H and O–H groups in total. The highest BCUT2D eigenvalue weighted by molar-refractivity contribution is 7.47. The summed E-state index contributed by atoms with van der Waals surface area (Å²) in [7, 11) is -4.70. The number of phosphoric ester groups is 1. The van der Waals surface area contributed by atoms with Gasteiger partial charge in [-0.05, 0) is 12.8 Å². The number of hydrogen-bond donors (Lipinski definition) is 3. The van der Waals surface area contributed by atoms with Crippen molar-refractivity contribution < 1.29 is 47.5 Å². The lowest BCUT2D eigenvalue weighted by molar-refractivity contribution is -0.161. The number of nitrogens with two attached hydrogens (primary N) is 1. The van der Waals surface area contributed by atoms with Crippen LogP contribution in [0.15, 0.2) is 0 Å². The minimum Gasteiger partial charge on any atom is -0.480 e. The number of unbranched alkanes of at least 4 members (excludes halogenated alkanes) is 23. The van der Waals surface area contributed by atoms with Crippen molar-refractivity contribution in [1.82, 2.24) is 0 Å². The molecule has 0 amide bonds. The first-order valence-corrected chi connectivity index (χ1v) is 21.1. The van der Waals surface area contributed by atoms with Crippen LogP contribution < -0.4 is 5.73 Å². The van der Waals surface area contributed by atoms with E-state index in [1.54, 1.807) is 0 Å². The lowest BCUT2D eigenvalue weighted by Gasteiger charge is -2.20. The maximum absolute atomic E-state index is 12.5. The van der Waals surface area contributed by atoms with Gasteiger partial charge in [0.2, 0.25) is 0 Å². The lowest BCUT2D eigenvalue weighted by atomic mass is 10.0. The fraction of sp³-hybridized carbons (Fsp3) is 0.919. The number of ether oxygens (including phenoxy) is 2. The number of carbonyl (C=O) groups is 3. The van der Waals surface area contributed by atoms with E-state index in [2.05, 4.69) is 18.4 Å². The summed E-state index contributed by atoms with van der Waals surface area (Å²) in [5.41, 5.74) is 5.31. The lowest BCUT2D eigenvalue weighted by Crippen LogP contribution is -2.34. The summed E-state index contributed by atoms with van der Waals surface area (Å²) in [5, 5.41) is 8.85. The van der Waals surface area contributed by atoms with Crippen LogP contribution in [-0.2, 0) is 37.5 Å². The van der Waals surface area contributed by atoms with E-state index >= 15 is 0 Å². The third-order valence-corrected chi connectivity index (χ3v) is 9.56. The summed E-state index contributed by atoms with van der Waals surface area (Å²) in [5.74, 6) is -2.37. The number of rotatable bonds is 37. The van der Waals surface area contributed by atoms with Gasteiger partial charge in [-0.1, -0.05) is 162 Å². The van der Waals surface area contributed by atoms with E-state index < -0.39 is 51.1 Å². The average Bonchev–Trinajstić information content (AvgIpc) is 3.07. The quantitative estimate of drug-likeness (QED) is 0.0317. The standard InChI is InChI=1S/C37H72NO10P/c1-3-5-7-9-11-13-14-15-16-17-18-19-20-21-23-25-27-29-36(40)48-33(31-46-49(43,44)47-32-34(38)37(41)42)30-45-35(39)28-26-24-22-12-10-8-6-4-2/h33-34H,3-32,38H2,1-2H3,(H,41,42)(H,43,44)/t33-,34-/m0/s1. The van der Waals surface area contributed by atoms with Crippen molar-refractivity contribution in [3.8, 4) is 0 Å². The number of esters is 2. The predicted octanol–water partition coefficient (Wildman–Crippen LogP) is 9.56. The topological polar surface area (TPSA) is 172 Å². The molecule has 0 radical (unpaired) electrons. The Morgan fingerprint density at radius 2 is 0.898 bits per heavy atom. The average molecular weight is 722 g/mol. The van der Waals surface area contributed by atoms with E-state index in [9.17, 15) is 23.8 Å². The Balaban J connectivity index is 4.31. The van der Waals surface area contributed by atoms with Crippen LogP contribution in [0.2, 0.25) is 0 Å². The number of hydrogen-bond acceptors (Lipinski definition) is 9. The second-order valence-corrected chi connectivity index (χ2v) is 14.9. The molecule has 3 atom stereocenters. The van der Waals surface area contributed by atoms with Gasteiger partial charge in [-0.25, -0.2) is 4.57 Å². The van der Waals surface area contributed by atoms with Gasteiger partial charge in [0.05, 0.1) is 13.2 Å². The Bertz CT molecular complexity index is 859. The van der Waals surface area contributed by atoms with Crippen LogP contribution >= 0.6 is 7.82 Å². The molecule has 0 fully saturated rings.